The molecule has 9 nitrogen and oxygen atoms in total. The third-order valence-corrected chi connectivity index (χ3v) is 4.17. The van der Waals surface area contributed by atoms with E-state index < -0.39 is 29.5 Å². The molecule has 0 spiro atoms. The van der Waals surface area contributed by atoms with Gasteiger partial charge in [0.25, 0.3) is 0 Å². The fraction of sp³-hybridized carbons (Fsp3) is 0.0909. The average molecular weight is 475 g/mol. The van der Waals surface area contributed by atoms with Gasteiger partial charge >= 0.3 is 24.0 Å². The van der Waals surface area contributed by atoms with Crippen LogP contribution < -0.4 is 20.2 Å². The number of nitrogens with one attached hydrogen (secondary N) is 2. The number of benzene rings is 2. The average Bonchev–Trinajstić information content (AvgIpc) is 3.35. The van der Waals surface area contributed by atoms with Crippen LogP contribution in [-0.2, 0) is 15.8 Å². The zero-order chi connectivity index (χ0) is 24.7. The van der Waals surface area contributed by atoms with Crippen LogP contribution in [-0.4, -0.2) is 31.1 Å². The van der Waals surface area contributed by atoms with Crippen molar-refractivity contribution in [3.05, 3.63) is 77.7 Å². The molecular formula is C22H16F3N3O6. The SMILES string of the molecule is COc1cc(C=NNC(=O)C(=O)Nc2ccc(C(F)(F)F)cc2)ccc1OC(=O)c1ccco1. The van der Waals surface area contributed by atoms with Gasteiger partial charge in [-0.2, -0.15) is 18.3 Å². The lowest BCUT2D eigenvalue weighted by Gasteiger charge is -2.09. The topological polar surface area (TPSA) is 119 Å². The second-order valence-corrected chi connectivity index (χ2v) is 6.51. The monoisotopic (exact) mass is 475 g/mol. The lowest BCUT2D eigenvalue weighted by Crippen LogP contribution is -2.32. The molecule has 176 valence electrons. The Bertz CT molecular complexity index is 1210. The van der Waals surface area contributed by atoms with E-state index in [0.29, 0.717) is 5.56 Å². The van der Waals surface area contributed by atoms with E-state index in [1.54, 1.807) is 0 Å². The second-order valence-electron chi connectivity index (χ2n) is 6.51. The van der Waals surface area contributed by atoms with Crippen molar-refractivity contribution in [3.8, 4) is 11.5 Å². The van der Waals surface area contributed by atoms with Crippen LogP contribution in [0.15, 0.2) is 70.4 Å². The number of esters is 1. The van der Waals surface area contributed by atoms with E-state index in [2.05, 4.69) is 10.4 Å². The van der Waals surface area contributed by atoms with Crippen LogP contribution in [0.4, 0.5) is 18.9 Å². The molecule has 0 bridgehead atoms. The molecule has 0 radical (unpaired) electrons. The quantitative estimate of drug-likeness (QED) is 0.185. The standard InChI is InChI=1S/C22H16F3N3O6/c1-32-18-11-13(4-9-16(18)34-21(31)17-3-2-10-33-17)12-26-28-20(30)19(29)27-15-7-5-14(6-8-15)22(23,24)25/h2-12H,1H3,(H,27,29)(H,28,30). The van der Waals surface area contributed by atoms with Crippen LogP contribution in [0.25, 0.3) is 0 Å². The van der Waals surface area contributed by atoms with Gasteiger partial charge in [-0.25, -0.2) is 10.2 Å². The predicted molar refractivity (Wildman–Crippen MR) is 112 cm³/mol. The van der Waals surface area contributed by atoms with Crippen LogP contribution in [0.5, 0.6) is 11.5 Å². The Hall–Kier alpha value is -4.61. The van der Waals surface area contributed by atoms with Gasteiger partial charge in [0.15, 0.2) is 11.5 Å². The normalized spacial score (nSPS) is 11.2. The summed E-state index contributed by atoms with van der Waals surface area (Å²) in [5.74, 6) is -2.70. The van der Waals surface area contributed by atoms with Crippen molar-refractivity contribution >= 4 is 29.7 Å². The van der Waals surface area contributed by atoms with E-state index in [1.807, 2.05) is 5.43 Å². The van der Waals surface area contributed by atoms with E-state index in [9.17, 15) is 27.6 Å². The number of anilines is 1. The summed E-state index contributed by atoms with van der Waals surface area (Å²) in [5.41, 5.74) is 1.53. The van der Waals surface area contributed by atoms with Gasteiger partial charge in [-0.3, -0.25) is 9.59 Å². The Morgan fingerprint density at radius 3 is 2.35 bits per heavy atom. The van der Waals surface area contributed by atoms with Gasteiger partial charge in [0.1, 0.15) is 0 Å². The zero-order valence-electron chi connectivity index (χ0n) is 17.4. The lowest BCUT2D eigenvalue weighted by atomic mass is 10.2. The molecule has 2 aromatic carbocycles. The summed E-state index contributed by atoms with van der Waals surface area (Å²) >= 11 is 0. The summed E-state index contributed by atoms with van der Waals surface area (Å²) in [7, 11) is 1.36. The molecular weight excluding hydrogens is 459 g/mol. The summed E-state index contributed by atoms with van der Waals surface area (Å²) in [6, 6.07) is 10.9. The molecule has 3 rings (SSSR count). The molecule has 0 saturated carbocycles. The minimum absolute atomic E-state index is 0.00144. The summed E-state index contributed by atoms with van der Waals surface area (Å²) in [4.78, 5) is 35.8. The van der Waals surface area contributed by atoms with Crippen molar-refractivity contribution in [1.29, 1.82) is 0 Å². The van der Waals surface area contributed by atoms with E-state index in [4.69, 9.17) is 13.9 Å². The number of alkyl halides is 3. The van der Waals surface area contributed by atoms with Crippen molar-refractivity contribution in [2.45, 2.75) is 6.18 Å². The number of rotatable bonds is 6. The van der Waals surface area contributed by atoms with Gasteiger partial charge in [-0.15, -0.1) is 0 Å². The number of hydrazone groups is 1. The van der Waals surface area contributed by atoms with E-state index >= 15 is 0 Å². The lowest BCUT2D eigenvalue weighted by molar-refractivity contribution is -0.137. The van der Waals surface area contributed by atoms with Crippen molar-refractivity contribution < 1.29 is 41.4 Å². The maximum atomic E-state index is 12.6. The molecule has 12 heteroatoms. The van der Waals surface area contributed by atoms with Crippen molar-refractivity contribution in [3.63, 3.8) is 0 Å². The van der Waals surface area contributed by atoms with Gasteiger partial charge in [0, 0.05) is 5.69 Å². The van der Waals surface area contributed by atoms with Crippen LogP contribution in [0.2, 0.25) is 0 Å². The molecule has 2 amide bonds. The fourth-order valence-corrected chi connectivity index (χ4v) is 2.54. The number of halogens is 3. The molecule has 0 aliphatic rings. The number of carbonyl (C=O) groups excluding carboxylic acids is 3. The molecule has 0 saturated heterocycles. The highest BCUT2D eigenvalue weighted by Gasteiger charge is 2.30. The number of methoxy groups -OCH3 is 1. The molecule has 1 heterocycles. The first kappa shape index (κ1) is 24.0. The number of nitrogens with zero attached hydrogens (tertiary/aromatic N) is 1. The number of amides is 2. The third-order valence-electron chi connectivity index (χ3n) is 4.17. The minimum Gasteiger partial charge on any atom is -0.493 e. The van der Waals surface area contributed by atoms with Crippen LogP contribution in [0.3, 0.4) is 0 Å². The van der Waals surface area contributed by atoms with Crippen LogP contribution in [0, 0.1) is 0 Å². The summed E-state index contributed by atoms with van der Waals surface area (Å²) in [6.45, 7) is 0. The Balaban J connectivity index is 1.57. The Morgan fingerprint density at radius 1 is 1.00 bits per heavy atom. The van der Waals surface area contributed by atoms with Crippen molar-refractivity contribution in [2.75, 3.05) is 12.4 Å². The minimum atomic E-state index is -4.52. The summed E-state index contributed by atoms with van der Waals surface area (Å²) in [5, 5.41) is 5.80. The molecule has 1 aromatic heterocycles. The molecule has 0 fully saturated rings. The third kappa shape index (κ3) is 6.22. The van der Waals surface area contributed by atoms with Crippen molar-refractivity contribution in [1.82, 2.24) is 5.43 Å². The highest BCUT2D eigenvalue weighted by Crippen LogP contribution is 2.30. The smallest absolute Gasteiger partial charge is 0.416 e. The van der Waals surface area contributed by atoms with Gasteiger partial charge in [0.2, 0.25) is 5.76 Å². The van der Waals surface area contributed by atoms with Gasteiger partial charge in [-0.05, 0) is 60.2 Å². The Kier molecular flexibility index (Phi) is 7.31. The fourth-order valence-electron chi connectivity index (χ4n) is 2.54. The molecule has 0 aliphatic heterocycles. The highest BCUT2D eigenvalue weighted by molar-refractivity contribution is 6.39. The van der Waals surface area contributed by atoms with Gasteiger partial charge in [0.05, 0.1) is 25.2 Å². The largest absolute Gasteiger partial charge is 0.493 e. The highest BCUT2D eigenvalue weighted by atomic mass is 19.4. The van der Waals surface area contributed by atoms with Crippen LogP contribution in [0.1, 0.15) is 21.7 Å². The first-order valence-corrected chi connectivity index (χ1v) is 9.42. The van der Waals surface area contributed by atoms with E-state index in [0.717, 1.165) is 24.3 Å². The summed E-state index contributed by atoms with van der Waals surface area (Å²) in [6.07, 6.45) is -1.99. The Morgan fingerprint density at radius 2 is 1.74 bits per heavy atom. The maximum Gasteiger partial charge on any atom is 0.416 e. The number of carbonyl (C=O) groups is 3. The number of hydrogen-bond donors (Lipinski definition) is 2. The molecule has 2 N–H and O–H groups in total. The van der Waals surface area contributed by atoms with Gasteiger partial charge < -0.3 is 19.2 Å². The van der Waals surface area contributed by atoms with Crippen LogP contribution >= 0.6 is 0 Å². The molecule has 3 aromatic rings. The molecule has 34 heavy (non-hydrogen) atoms. The predicted octanol–water partition coefficient (Wildman–Crippen LogP) is 3.62. The van der Waals surface area contributed by atoms with E-state index in [-0.39, 0.29) is 22.9 Å². The molecule has 0 aliphatic carbocycles. The molecule has 0 atom stereocenters. The van der Waals surface area contributed by atoms with E-state index in [1.165, 1.54) is 49.9 Å². The van der Waals surface area contributed by atoms with Gasteiger partial charge in [-0.1, -0.05) is 0 Å². The van der Waals surface area contributed by atoms with Crippen molar-refractivity contribution in [2.24, 2.45) is 5.10 Å². The first-order valence-electron chi connectivity index (χ1n) is 9.42. The maximum absolute atomic E-state index is 12.6. The second kappa shape index (κ2) is 10.3. The number of hydrogen-bond acceptors (Lipinski definition) is 7. The first-order chi connectivity index (χ1) is 16.2. The summed E-state index contributed by atoms with van der Waals surface area (Å²) < 4.78 is 53.1. The molecule has 0 unspecified atom stereocenters. The Labute approximate surface area is 190 Å². The zero-order valence-corrected chi connectivity index (χ0v) is 17.4. The number of ether oxygens (including phenoxy) is 2. The number of furan rings is 1.